The Labute approximate surface area is 264 Å². The molecule has 16 heteroatoms. The standard InChI is InChI=1S/C30H37N3O13/c34-22(30(41)42)9-11-25(37)46-18-17-45-16-15-44-14-13-43-12-3-1-2-7-23(35)31-20-6-4-5-19-26(20)29(40)33(28(19)39)21-8-10-24(36)32-27(21)38/h4-6,21H,1-3,7-18H2,(H,31,35)(H,41,42)(H,32,36,38). The summed E-state index contributed by atoms with van der Waals surface area (Å²) in [7, 11) is 0. The third-order valence-corrected chi connectivity index (χ3v) is 6.96. The maximum Gasteiger partial charge on any atom is 0.372 e. The van der Waals surface area contributed by atoms with Gasteiger partial charge in [-0.2, -0.15) is 0 Å². The zero-order chi connectivity index (χ0) is 33.5. The molecule has 0 saturated carbocycles. The molecular formula is C30H37N3O13. The van der Waals surface area contributed by atoms with Crippen molar-refractivity contribution in [2.75, 3.05) is 51.6 Å². The van der Waals surface area contributed by atoms with Gasteiger partial charge in [0, 0.05) is 25.9 Å². The van der Waals surface area contributed by atoms with Crippen molar-refractivity contribution in [3.05, 3.63) is 29.3 Å². The lowest BCUT2D eigenvalue weighted by atomic mass is 10.0. The van der Waals surface area contributed by atoms with Crippen LogP contribution >= 0.6 is 0 Å². The number of imide groups is 2. The average Bonchev–Trinajstić information content (AvgIpc) is 3.27. The van der Waals surface area contributed by atoms with Crippen LogP contribution in [0, 0.1) is 0 Å². The predicted molar refractivity (Wildman–Crippen MR) is 156 cm³/mol. The fourth-order valence-corrected chi connectivity index (χ4v) is 4.65. The molecule has 16 nitrogen and oxygen atoms in total. The molecule has 5 amide bonds. The number of ether oxygens (including phenoxy) is 4. The first-order valence-corrected chi connectivity index (χ1v) is 14.9. The van der Waals surface area contributed by atoms with Crippen molar-refractivity contribution < 1.29 is 62.4 Å². The van der Waals surface area contributed by atoms with Crippen LogP contribution in [0.5, 0.6) is 0 Å². The number of fused-ring (bicyclic) bond motifs is 1. The molecule has 250 valence electrons. The smallest absolute Gasteiger partial charge is 0.372 e. The number of carboxylic acid groups (broad SMARTS) is 1. The molecule has 2 aliphatic rings. The molecule has 3 rings (SSSR count). The Morgan fingerprint density at radius 1 is 0.826 bits per heavy atom. The van der Waals surface area contributed by atoms with E-state index in [-0.39, 0.29) is 68.2 Å². The minimum absolute atomic E-state index is 0.0134. The summed E-state index contributed by atoms with van der Waals surface area (Å²) < 4.78 is 21.0. The lowest BCUT2D eigenvalue weighted by Crippen LogP contribution is -2.54. The van der Waals surface area contributed by atoms with Crippen LogP contribution in [-0.4, -0.2) is 110 Å². The SMILES string of the molecule is O=C1CCC(N2C(=O)c3cccc(NC(=O)CCCCCOCCOCCOCCOC(=O)CCC(=O)C(=O)O)c3C2=O)C(=O)N1. The molecule has 1 aromatic carbocycles. The van der Waals surface area contributed by atoms with E-state index in [0.717, 1.165) is 11.3 Å². The molecule has 2 heterocycles. The summed E-state index contributed by atoms with van der Waals surface area (Å²) in [4.78, 5) is 95.9. The number of carbonyl (C=O) groups excluding carboxylic acids is 7. The Morgan fingerprint density at radius 2 is 1.50 bits per heavy atom. The molecule has 0 aliphatic carbocycles. The number of ketones is 1. The van der Waals surface area contributed by atoms with Crippen molar-refractivity contribution >= 4 is 52.9 Å². The molecule has 2 aliphatic heterocycles. The van der Waals surface area contributed by atoms with Gasteiger partial charge in [0.15, 0.2) is 0 Å². The highest BCUT2D eigenvalue weighted by molar-refractivity contribution is 6.32. The largest absolute Gasteiger partial charge is 0.476 e. The fourth-order valence-electron chi connectivity index (χ4n) is 4.65. The van der Waals surface area contributed by atoms with Gasteiger partial charge >= 0.3 is 11.9 Å². The van der Waals surface area contributed by atoms with Gasteiger partial charge in [-0.3, -0.25) is 43.8 Å². The van der Waals surface area contributed by atoms with Crippen LogP contribution < -0.4 is 10.6 Å². The van der Waals surface area contributed by atoms with Gasteiger partial charge < -0.3 is 29.4 Å². The van der Waals surface area contributed by atoms with E-state index in [9.17, 15) is 38.4 Å². The Kier molecular flexibility index (Phi) is 14.4. The van der Waals surface area contributed by atoms with E-state index in [2.05, 4.69) is 10.6 Å². The van der Waals surface area contributed by atoms with Crippen LogP contribution in [-0.2, 0) is 47.7 Å². The maximum absolute atomic E-state index is 13.1. The summed E-state index contributed by atoms with van der Waals surface area (Å²) in [6.45, 7) is 1.88. The van der Waals surface area contributed by atoms with E-state index in [1.165, 1.54) is 12.1 Å². The van der Waals surface area contributed by atoms with Crippen LogP contribution in [0.1, 0.15) is 72.1 Å². The second-order valence-corrected chi connectivity index (χ2v) is 10.3. The van der Waals surface area contributed by atoms with Crippen molar-refractivity contribution in [1.29, 1.82) is 0 Å². The monoisotopic (exact) mass is 647 g/mol. The zero-order valence-corrected chi connectivity index (χ0v) is 25.2. The summed E-state index contributed by atoms with van der Waals surface area (Å²) in [6.07, 6.45) is 1.54. The third-order valence-electron chi connectivity index (χ3n) is 6.96. The maximum atomic E-state index is 13.1. The highest BCUT2D eigenvalue weighted by Crippen LogP contribution is 2.32. The van der Waals surface area contributed by atoms with Crippen LogP contribution in [0.4, 0.5) is 5.69 Å². The summed E-state index contributed by atoms with van der Waals surface area (Å²) in [5, 5.41) is 13.3. The molecule has 0 aromatic heterocycles. The molecule has 1 fully saturated rings. The van der Waals surface area contributed by atoms with Gasteiger partial charge in [0.2, 0.25) is 23.5 Å². The number of unbranched alkanes of at least 4 members (excludes halogenated alkanes) is 2. The third kappa shape index (κ3) is 10.8. The second kappa shape index (κ2) is 18.4. The Bertz CT molecular complexity index is 1330. The number of esters is 1. The number of carboxylic acids is 1. The number of nitrogens with one attached hydrogen (secondary N) is 2. The number of anilines is 1. The Morgan fingerprint density at radius 3 is 2.17 bits per heavy atom. The number of aliphatic carboxylic acids is 1. The number of amides is 5. The van der Waals surface area contributed by atoms with Gasteiger partial charge in [-0.05, 0) is 31.4 Å². The van der Waals surface area contributed by atoms with E-state index in [1.54, 1.807) is 6.07 Å². The summed E-state index contributed by atoms with van der Waals surface area (Å²) in [5.74, 6) is -6.14. The minimum Gasteiger partial charge on any atom is -0.476 e. The number of benzene rings is 1. The van der Waals surface area contributed by atoms with E-state index in [0.29, 0.717) is 39.3 Å². The average molecular weight is 648 g/mol. The van der Waals surface area contributed by atoms with Crippen LogP contribution in [0.15, 0.2) is 18.2 Å². The highest BCUT2D eigenvalue weighted by atomic mass is 16.6. The van der Waals surface area contributed by atoms with Gasteiger partial charge in [-0.15, -0.1) is 0 Å². The lowest BCUT2D eigenvalue weighted by Gasteiger charge is -2.27. The molecule has 1 unspecified atom stereocenters. The molecule has 1 saturated heterocycles. The topological polar surface area (TPSA) is 221 Å². The van der Waals surface area contributed by atoms with Gasteiger partial charge in [-0.25, -0.2) is 4.79 Å². The van der Waals surface area contributed by atoms with E-state index < -0.39 is 53.8 Å². The molecule has 0 radical (unpaired) electrons. The van der Waals surface area contributed by atoms with Crippen molar-refractivity contribution in [2.45, 2.75) is 57.4 Å². The molecule has 46 heavy (non-hydrogen) atoms. The van der Waals surface area contributed by atoms with Gasteiger partial charge in [0.05, 0.1) is 56.3 Å². The minimum atomic E-state index is -1.58. The van der Waals surface area contributed by atoms with Crippen molar-refractivity contribution in [3.63, 3.8) is 0 Å². The van der Waals surface area contributed by atoms with E-state index in [1.807, 2.05) is 0 Å². The summed E-state index contributed by atoms with van der Waals surface area (Å²) in [5.41, 5.74) is 0.309. The van der Waals surface area contributed by atoms with Crippen LogP contribution in [0.25, 0.3) is 0 Å². The number of carbonyl (C=O) groups is 8. The number of nitrogens with zero attached hydrogens (tertiary/aromatic N) is 1. The second-order valence-electron chi connectivity index (χ2n) is 10.3. The molecule has 3 N–H and O–H groups in total. The molecule has 0 spiro atoms. The molecule has 1 aromatic rings. The molecule has 0 bridgehead atoms. The van der Waals surface area contributed by atoms with E-state index >= 15 is 0 Å². The first-order valence-electron chi connectivity index (χ1n) is 14.9. The lowest BCUT2D eigenvalue weighted by molar-refractivity contribution is -0.151. The Balaban J connectivity index is 1.20. The number of piperidine rings is 1. The van der Waals surface area contributed by atoms with Gasteiger partial charge in [0.25, 0.3) is 11.8 Å². The van der Waals surface area contributed by atoms with E-state index in [4.69, 9.17) is 24.1 Å². The van der Waals surface area contributed by atoms with Gasteiger partial charge in [0.1, 0.15) is 12.6 Å². The number of hydrogen-bond acceptors (Lipinski definition) is 12. The number of hydrogen-bond donors (Lipinski definition) is 3. The summed E-state index contributed by atoms with van der Waals surface area (Å²) in [6, 6.07) is 3.44. The first kappa shape index (κ1) is 35.9. The first-order chi connectivity index (χ1) is 22.1. The normalized spacial score (nSPS) is 15.8. The zero-order valence-electron chi connectivity index (χ0n) is 25.2. The van der Waals surface area contributed by atoms with Gasteiger partial charge in [-0.1, -0.05) is 12.5 Å². The van der Waals surface area contributed by atoms with Crippen LogP contribution in [0.3, 0.4) is 0 Å². The van der Waals surface area contributed by atoms with Crippen molar-refractivity contribution in [2.24, 2.45) is 0 Å². The predicted octanol–water partition coefficient (Wildman–Crippen LogP) is 0.614. The van der Waals surface area contributed by atoms with Crippen LogP contribution in [0.2, 0.25) is 0 Å². The number of Topliss-reactive ketones (excluding diaryl/α,β-unsaturated/α-hetero) is 1. The Hall–Kier alpha value is -4.54. The molecular weight excluding hydrogens is 610 g/mol. The quantitative estimate of drug-likeness (QED) is 0.0721. The highest BCUT2D eigenvalue weighted by Gasteiger charge is 2.45. The fraction of sp³-hybridized carbons (Fsp3) is 0.533. The molecule has 1 atom stereocenters. The van der Waals surface area contributed by atoms with Crippen molar-refractivity contribution in [3.8, 4) is 0 Å². The summed E-state index contributed by atoms with van der Waals surface area (Å²) >= 11 is 0. The van der Waals surface area contributed by atoms with Crippen molar-refractivity contribution in [1.82, 2.24) is 10.2 Å². The number of rotatable bonds is 21.